The highest BCUT2D eigenvalue weighted by molar-refractivity contribution is 9.11. The van der Waals surface area contributed by atoms with Gasteiger partial charge in [-0.3, -0.25) is 4.79 Å². The van der Waals surface area contributed by atoms with E-state index in [9.17, 15) is 13.2 Å². The minimum Gasteiger partial charge on any atom is -0.358 e. The van der Waals surface area contributed by atoms with E-state index in [4.69, 9.17) is 0 Å². The summed E-state index contributed by atoms with van der Waals surface area (Å²) in [5.74, 6) is -0.242. The summed E-state index contributed by atoms with van der Waals surface area (Å²) in [5, 5.41) is 2.53. The fraction of sp³-hybridized carbons (Fsp3) is 0.545. The third-order valence-electron chi connectivity index (χ3n) is 3.15. The van der Waals surface area contributed by atoms with Crippen molar-refractivity contribution in [3.05, 3.63) is 15.4 Å². The summed E-state index contributed by atoms with van der Waals surface area (Å²) in [7, 11) is -2.06. The summed E-state index contributed by atoms with van der Waals surface area (Å²) >= 11 is 4.52. The van der Waals surface area contributed by atoms with Crippen LogP contribution in [0.3, 0.4) is 0 Å². The lowest BCUT2D eigenvalue weighted by molar-refractivity contribution is -0.123. The van der Waals surface area contributed by atoms with Crippen LogP contribution in [0.2, 0.25) is 0 Å². The number of likely N-dealkylation sites (N-methyl/N-ethyl adjacent to an activating group) is 1. The van der Waals surface area contributed by atoms with Gasteiger partial charge in [-0.05, 0) is 47.3 Å². The molecule has 19 heavy (non-hydrogen) atoms. The highest BCUT2D eigenvalue weighted by Crippen LogP contribution is 2.34. The zero-order chi connectivity index (χ0) is 14.2. The zero-order valence-electron chi connectivity index (χ0n) is 10.6. The second-order valence-corrected chi connectivity index (χ2v) is 8.90. The van der Waals surface area contributed by atoms with E-state index in [-0.39, 0.29) is 10.1 Å². The van der Waals surface area contributed by atoms with Gasteiger partial charge in [-0.25, -0.2) is 8.42 Å². The lowest BCUT2D eigenvalue weighted by atomic mass is 10.2. The first-order valence-electron chi connectivity index (χ1n) is 5.87. The molecule has 0 radical (unpaired) electrons. The Hall–Kier alpha value is -0.440. The second kappa shape index (κ2) is 5.51. The summed E-state index contributed by atoms with van der Waals surface area (Å²) in [5.41, 5.74) is 0.888. The molecule has 0 aliphatic carbocycles. The van der Waals surface area contributed by atoms with E-state index >= 15 is 0 Å². The Morgan fingerprint density at radius 3 is 2.79 bits per heavy atom. The van der Waals surface area contributed by atoms with Gasteiger partial charge < -0.3 is 5.32 Å². The van der Waals surface area contributed by atoms with Gasteiger partial charge in [0.15, 0.2) is 0 Å². The SMILES string of the molecule is CNC(=O)C1CCCN1S(=O)(=O)c1cc(C)c(Br)s1. The van der Waals surface area contributed by atoms with Gasteiger partial charge in [-0.1, -0.05) is 0 Å². The number of carbonyl (C=O) groups excluding carboxylic acids is 1. The van der Waals surface area contributed by atoms with Crippen molar-refractivity contribution in [3.63, 3.8) is 0 Å². The largest absolute Gasteiger partial charge is 0.358 e. The Labute approximate surface area is 125 Å². The predicted octanol–water partition coefficient (Wildman–Crippen LogP) is 1.72. The van der Waals surface area contributed by atoms with Gasteiger partial charge in [0.1, 0.15) is 10.3 Å². The van der Waals surface area contributed by atoms with E-state index in [2.05, 4.69) is 21.2 Å². The van der Waals surface area contributed by atoms with Crippen LogP contribution in [0.25, 0.3) is 0 Å². The molecule has 106 valence electrons. The monoisotopic (exact) mass is 366 g/mol. The molecule has 2 rings (SSSR count). The van der Waals surface area contributed by atoms with Crippen molar-refractivity contribution in [2.75, 3.05) is 13.6 Å². The van der Waals surface area contributed by atoms with Gasteiger partial charge >= 0.3 is 0 Å². The molecule has 1 fully saturated rings. The van der Waals surface area contributed by atoms with Crippen molar-refractivity contribution in [2.24, 2.45) is 0 Å². The fourth-order valence-corrected chi connectivity index (χ4v) is 6.14. The summed E-state index contributed by atoms with van der Waals surface area (Å²) in [6.45, 7) is 2.24. The van der Waals surface area contributed by atoms with Gasteiger partial charge in [0, 0.05) is 13.6 Å². The second-order valence-electron chi connectivity index (χ2n) is 4.41. The quantitative estimate of drug-likeness (QED) is 0.885. The molecule has 1 aromatic rings. The molecule has 0 spiro atoms. The van der Waals surface area contributed by atoms with E-state index in [0.29, 0.717) is 19.4 Å². The average Bonchev–Trinajstić information content (AvgIpc) is 2.97. The number of sulfonamides is 1. The lowest BCUT2D eigenvalue weighted by Gasteiger charge is -2.21. The first-order valence-corrected chi connectivity index (χ1v) is 8.92. The molecule has 5 nitrogen and oxygen atoms in total. The molecule has 1 amide bonds. The maximum absolute atomic E-state index is 12.6. The topological polar surface area (TPSA) is 66.5 Å². The van der Waals surface area contributed by atoms with E-state index in [1.165, 1.54) is 22.7 Å². The Kier molecular flexibility index (Phi) is 4.34. The van der Waals surface area contributed by atoms with Crippen LogP contribution in [0.5, 0.6) is 0 Å². The predicted molar refractivity (Wildman–Crippen MR) is 77.7 cm³/mol. The fourth-order valence-electron chi connectivity index (χ4n) is 2.13. The third kappa shape index (κ3) is 2.72. The summed E-state index contributed by atoms with van der Waals surface area (Å²) in [4.78, 5) is 11.8. The Balaban J connectivity index is 2.36. The number of hydrogen-bond donors (Lipinski definition) is 1. The Morgan fingerprint density at radius 1 is 1.58 bits per heavy atom. The number of hydrogen-bond acceptors (Lipinski definition) is 4. The molecule has 1 aromatic heterocycles. The number of thiophene rings is 1. The number of rotatable bonds is 3. The number of halogens is 1. The first-order chi connectivity index (χ1) is 8.87. The van der Waals surface area contributed by atoms with E-state index in [0.717, 1.165) is 9.35 Å². The molecule has 2 heterocycles. The Morgan fingerprint density at radius 2 is 2.26 bits per heavy atom. The van der Waals surface area contributed by atoms with E-state index < -0.39 is 16.1 Å². The van der Waals surface area contributed by atoms with Crippen molar-refractivity contribution in [2.45, 2.75) is 30.0 Å². The molecule has 0 aromatic carbocycles. The van der Waals surface area contributed by atoms with Gasteiger partial charge in [0.25, 0.3) is 10.0 Å². The average molecular weight is 367 g/mol. The van der Waals surface area contributed by atoms with Crippen molar-refractivity contribution >= 4 is 43.2 Å². The van der Waals surface area contributed by atoms with Crippen molar-refractivity contribution in [1.29, 1.82) is 0 Å². The molecule has 1 unspecified atom stereocenters. The van der Waals surface area contributed by atoms with Crippen LogP contribution >= 0.6 is 27.3 Å². The first kappa shape index (κ1) is 15.0. The highest BCUT2D eigenvalue weighted by atomic mass is 79.9. The maximum Gasteiger partial charge on any atom is 0.253 e. The van der Waals surface area contributed by atoms with Crippen LogP contribution in [0.4, 0.5) is 0 Å². The minimum absolute atomic E-state index is 0.242. The van der Waals surface area contributed by atoms with Crippen LogP contribution in [0.1, 0.15) is 18.4 Å². The number of carbonyl (C=O) groups is 1. The highest BCUT2D eigenvalue weighted by Gasteiger charge is 2.39. The van der Waals surface area contributed by atoms with Crippen molar-refractivity contribution in [1.82, 2.24) is 9.62 Å². The molecular weight excluding hydrogens is 352 g/mol. The lowest BCUT2D eigenvalue weighted by Crippen LogP contribution is -2.44. The Bertz CT molecular complexity index is 578. The van der Waals surface area contributed by atoms with Gasteiger partial charge in [-0.2, -0.15) is 4.31 Å². The molecule has 0 bridgehead atoms. The standard InChI is InChI=1S/C11H15BrN2O3S2/c1-7-6-9(18-10(7)12)19(16,17)14-5-3-4-8(14)11(15)13-2/h6,8H,3-5H2,1-2H3,(H,13,15). The van der Waals surface area contributed by atoms with Gasteiger partial charge in [0.2, 0.25) is 5.91 Å². The molecule has 1 aliphatic heterocycles. The van der Waals surface area contributed by atoms with Crippen molar-refractivity contribution in [3.8, 4) is 0 Å². The summed E-state index contributed by atoms with van der Waals surface area (Å²) in [6.07, 6.45) is 1.28. The van der Waals surface area contributed by atoms with E-state index in [1.54, 1.807) is 6.07 Å². The molecule has 1 atom stereocenters. The summed E-state index contributed by atoms with van der Waals surface area (Å²) < 4.78 is 27.5. The molecule has 1 aliphatic rings. The van der Waals surface area contributed by atoms with Crippen LogP contribution in [-0.4, -0.2) is 38.3 Å². The van der Waals surface area contributed by atoms with Crippen LogP contribution < -0.4 is 5.32 Å². The van der Waals surface area contributed by atoms with Crippen molar-refractivity contribution < 1.29 is 13.2 Å². The molecule has 1 N–H and O–H groups in total. The van der Waals surface area contributed by atoms with Crippen LogP contribution in [0, 0.1) is 6.92 Å². The maximum atomic E-state index is 12.6. The van der Waals surface area contributed by atoms with Crippen LogP contribution in [-0.2, 0) is 14.8 Å². The number of aryl methyl sites for hydroxylation is 1. The van der Waals surface area contributed by atoms with Crippen LogP contribution in [0.15, 0.2) is 14.1 Å². The molecular formula is C11H15BrN2O3S2. The van der Waals surface area contributed by atoms with Gasteiger partial charge in [0.05, 0.1) is 3.79 Å². The van der Waals surface area contributed by atoms with Gasteiger partial charge in [-0.15, -0.1) is 11.3 Å². The van der Waals surface area contributed by atoms with E-state index in [1.807, 2.05) is 6.92 Å². The third-order valence-corrected chi connectivity index (χ3v) is 7.64. The zero-order valence-corrected chi connectivity index (χ0v) is 13.9. The normalized spacial score (nSPS) is 20.7. The number of nitrogens with zero attached hydrogens (tertiary/aromatic N) is 1. The summed E-state index contributed by atoms with van der Waals surface area (Å²) in [6, 6.07) is 1.06. The molecule has 1 saturated heterocycles. The number of nitrogens with one attached hydrogen (secondary N) is 1. The minimum atomic E-state index is -3.58. The molecule has 0 saturated carbocycles. The smallest absolute Gasteiger partial charge is 0.253 e. The molecule has 8 heteroatoms. The number of amides is 1.